The number of hydrogen-bond acceptors (Lipinski definition) is 3. The molecule has 0 saturated heterocycles. The predicted octanol–water partition coefficient (Wildman–Crippen LogP) is 3.98. The van der Waals surface area contributed by atoms with Crippen LogP contribution in [-0.2, 0) is 11.3 Å². The van der Waals surface area contributed by atoms with Crippen LogP contribution in [0.4, 0.5) is 10.1 Å². The van der Waals surface area contributed by atoms with Gasteiger partial charge in [0.05, 0.1) is 13.7 Å². The molecule has 0 atom stereocenters. The van der Waals surface area contributed by atoms with Crippen LogP contribution in [0.3, 0.4) is 0 Å². The number of anilines is 1. The van der Waals surface area contributed by atoms with Crippen LogP contribution in [0.15, 0.2) is 40.9 Å². The second-order valence-electron chi connectivity index (χ2n) is 5.64. The van der Waals surface area contributed by atoms with Crippen molar-refractivity contribution < 1.29 is 13.9 Å². The first-order valence-corrected chi connectivity index (χ1v) is 8.25. The number of rotatable bonds is 6. The van der Waals surface area contributed by atoms with E-state index in [0.29, 0.717) is 17.8 Å². The Balaban J connectivity index is 1.96. The Hall–Kier alpha value is -1.92. The number of aryl methyl sites for hydroxylation is 1. The van der Waals surface area contributed by atoms with Gasteiger partial charge in [0.1, 0.15) is 11.6 Å². The third-order valence-electron chi connectivity index (χ3n) is 3.55. The Morgan fingerprint density at radius 1 is 1.29 bits per heavy atom. The molecular weight excluding hydrogens is 375 g/mol. The molecule has 2 aromatic carbocycles. The van der Waals surface area contributed by atoms with Gasteiger partial charge in [0.15, 0.2) is 0 Å². The molecule has 1 N–H and O–H groups in total. The first kappa shape index (κ1) is 18.4. The molecule has 1 amide bonds. The van der Waals surface area contributed by atoms with E-state index >= 15 is 0 Å². The topological polar surface area (TPSA) is 41.6 Å². The van der Waals surface area contributed by atoms with Crippen LogP contribution in [0.25, 0.3) is 0 Å². The number of carbonyl (C=O) groups is 1. The van der Waals surface area contributed by atoms with Gasteiger partial charge >= 0.3 is 0 Å². The van der Waals surface area contributed by atoms with Gasteiger partial charge in [-0.2, -0.15) is 0 Å². The summed E-state index contributed by atoms with van der Waals surface area (Å²) in [7, 11) is 3.46. The molecule has 24 heavy (non-hydrogen) atoms. The van der Waals surface area contributed by atoms with Crippen molar-refractivity contribution >= 4 is 27.5 Å². The van der Waals surface area contributed by atoms with Crippen molar-refractivity contribution in [3.8, 4) is 5.75 Å². The van der Waals surface area contributed by atoms with Crippen molar-refractivity contribution in [2.45, 2.75) is 13.5 Å². The smallest absolute Gasteiger partial charge is 0.238 e. The molecule has 0 unspecified atom stereocenters. The molecule has 2 rings (SSSR count). The van der Waals surface area contributed by atoms with E-state index in [-0.39, 0.29) is 18.3 Å². The normalized spacial score (nSPS) is 10.8. The van der Waals surface area contributed by atoms with Crippen molar-refractivity contribution in [2.75, 3.05) is 26.0 Å². The summed E-state index contributed by atoms with van der Waals surface area (Å²) in [6.45, 7) is 2.42. The number of amides is 1. The van der Waals surface area contributed by atoms with Crippen molar-refractivity contribution in [3.05, 3.63) is 57.8 Å². The molecule has 0 aromatic heterocycles. The molecule has 128 valence electrons. The minimum atomic E-state index is -0.333. The number of carbonyl (C=O) groups excluding carboxylic acids is 1. The molecule has 0 heterocycles. The maximum absolute atomic E-state index is 13.5. The molecule has 4 nitrogen and oxygen atoms in total. The van der Waals surface area contributed by atoms with Crippen LogP contribution in [0.2, 0.25) is 0 Å². The number of hydrogen-bond donors (Lipinski definition) is 1. The van der Waals surface area contributed by atoms with Crippen molar-refractivity contribution in [1.82, 2.24) is 4.90 Å². The number of methoxy groups -OCH3 is 1. The number of nitrogens with one attached hydrogen (secondary N) is 1. The molecule has 0 spiro atoms. The number of nitrogens with zero attached hydrogens (tertiary/aromatic N) is 1. The fourth-order valence-electron chi connectivity index (χ4n) is 2.33. The summed E-state index contributed by atoms with van der Waals surface area (Å²) in [5, 5.41) is 2.71. The lowest BCUT2D eigenvalue weighted by Crippen LogP contribution is -2.30. The lowest BCUT2D eigenvalue weighted by Gasteiger charge is -2.18. The van der Waals surface area contributed by atoms with E-state index < -0.39 is 0 Å². The first-order valence-electron chi connectivity index (χ1n) is 7.46. The average Bonchev–Trinajstić information content (AvgIpc) is 2.51. The van der Waals surface area contributed by atoms with Crippen molar-refractivity contribution in [1.29, 1.82) is 0 Å². The van der Waals surface area contributed by atoms with Gasteiger partial charge in [-0.25, -0.2) is 4.39 Å². The standard InChI is InChI=1S/C18H20BrFN2O2/c1-12-4-6-15(9-16(12)20)21-18(23)11-22(2)10-13-8-14(19)5-7-17(13)24-3/h4-9H,10-11H2,1-3H3,(H,21,23). The Morgan fingerprint density at radius 3 is 2.71 bits per heavy atom. The van der Waals surface area contributed by atoms with Crippen molar-refractivity contribution in [3.63, 3.8) is 0 Å². The predicted molar refractivity (Wildman–Crippen MR) is 96.8 cm³/mol. The quantitative estimate of drug-likeness (QED) is 0.805. The van der Waals surface area contributed by atoms with Crippen LogP contribution in [0.1, 0.15) is 11.1 Å². The summed E-state index contributed by atoms with van der Waals surface area (Å²) >= 11 is 3.43. The third kappa shape index (κ3) is 5.04. The maximum Gasteiger partial charge on any atom is 0.238 e. The van der Waals surface area contributed by atoms with Gasteiger partial charge in [0.25, 0.3) is 0 Å². The summed E-state index contributed by atoms with van der Waals surface area (Å²) in [5.41, 5.74) is 1.98. The maximum atomic E-state index is 13.5. The minimum Gasteiger partial charge on any atom is -0.496 e. The lowest BCUT2D eigenvalue weighted by molar-refractivity contribution is -0.117. The molecule has 0 saturated carbocycles. The Kier molecular flexibility index (Phi) is 6.34. The van der Waals surface area contributed by atoms with Crippen molar-refractivity contribution in [2.24, 2.45) is 0 Å². The second kappa shape index (κ2) is 8.26. The zero-order valence-electron chi connectivity index (χ0n) is 13.9. The zero-order valence-corrected chi connectivity index (χ0v) is 15.5. The van der Waals surface area contributed by atoms with Gasteiger partial charge in [-0.05, 0) is 49.9 Å². The molecule has 0 aliphatic rings. The second-order valence-corrected chi connectivity index (χ2v) is 6.56. The van der Waals surface area contributed by atoms with E-state index in [4.69, 9.17) is 4.74 Å². The van der Waals surface area contributed by atoms with E-state index in [1.807, 2.05) is 30.1 Å². The van der Waals surface area contributed by atoms with Crippen LogP contribution < -0.4 is 10.1 Å². The summed E-state index contributed by atoms with van der Waals surface area (Å²) in [6, 6.07) is 10.4. The van der Waals surface area contributed by atoms with E-state index in [1.165, 1.54) is 6.07 Å². The highest BCUT2D eigenvalue weighted by Gasteiger charge is 2.11. The zero-order chi connectivity index (χ0) is 17.7. The largest absolute Gasteiger partial charge is 0.496 e. The molecule has 6 heteroatoms. The minimum absolute atomic E-state index is 0.186. The Labute approximate surface area is 149 Å². The van der Waals surface area contributed by atoms with Gasteiger partial charge in [-0.3, -0.25) is 9.69 Å². The van der Waals surface area contributed by atoms with Gasteiger partial charge < -0.3 is 10.1 Å². The van der Waals surface area contributed by atoms with E-state index in [2.05, 4.69) is 21.2 Å². The first-order chi connectivity index (χ1) is 11.4. The van der Waals surface area contributed by atoms with Gasteiger partial charge in [0.2, 0.25) is 5.91 Å². The lowest BCUT2D eigenvalue weighted by atomic mass is 10.2. The van der Waals surface area contributed by atoms with E-state index in [0.717, 1.165) is 15.8 Å². The fraction of sp³-hybridized carbons (Fsp3) is 0.278. The monoisotopic (exact) mass is 394 g/mol. The highest BCUT2D eigenvalue weighted by atomic mass is 79.9. The summed E-state index contributed by atoms with van der Waals surface area (Å²) in [4.78, 5) is 14.0. The molecule has 0 bridgehead atoms. The average molecular weight is 395 g/mol. The summed E-state index contributed by atoms with van der Waals surface area (Å²) in [6.07, 6.45) is 0. The third-order valence-corrected chi connectivity index (χ3v) is 4.05. The summed E-state index contributed by atoms with van der Waals surface area (Å²) < 4.78 is 19.8. The van der Waals surface area contributed by atoms with Crippen LogP contribution in [-0.4, -0.2) is 31.5 Å². The van der Waals surface area contributed by atoms with E-state index in [9.17, 15) is 9.18 Å². The molecule has 2 aromatic rings. The molecular formula is C18H20BrFN2O2. The molecule has 0 fully saturated rings. The van der Waals surface area contributed by atoms with Crippen LogP contribution in [0, 0.1) is 12.7 Å². The Morgan fingerprint density at radius 2 is 2.04 bits per heavy atom. The van der Waals surface area contributed by atoms with E-state index in [1.54, 1.807) is 26.2 Å². The van der Waals surface area contributed by atoms with Crippen LogP contribution >= 0.6 is 15.9 Å². The SMILES string of the molecule is COc1ccc(Br)cc1CN(C)CC(=O)Nc1ccc(C)c(F)c1. The van der Waals surface area contributed by atoms with Gasteiger partial charge in [0, 0.05) is 22.3 Å². The molecule has 0 aliphatic carbocycles. The molecule has 0 radical (unpaired) electrons. The van der Waals surface area contributed by atoms with Gasteiger partial charge in [-0.1, -0.05) is 22.0 Å². The molecule has 0 aliphatic heterocycles. The Bertz CT molecular complexity index is 737. The number of ether oxygens (including phenoxy) is 1. The number of halogens is 2. The highest BCUT2D eigenvalue weighted by Crippen LogP contribution is 2.24. The van der Waals surface area contributed by atoms with Gasteiger partial charge in [-0.15, -0.1) is 0 Å². The summed E-state index contributed by atoms with van der Waals surface area (Å²) in [5.74, 6) is 0.237. The number of likely N-dealkylation sites (N-methyl/N-ethyl adjacent to an activating group) is 1. The highest BCUT2D eigenvalue weighted by molar-refractivity contribution is 9.10. The number of benzene rings is 2. The fourth-order valence-corrected chi connectivity index (χ4v) is 2.74. The van der Waals surface area contributed by atoms with Crippen LogP contribution in [0.5, 0.6) is 5.75 Å².